The first kappa shape index (κ1) is 74.4. The second-order valence-corrected chi connectivity index (χ2v) is 23.7. The Morgan fingerprint density at radius 2 is 0.585 bits per heavy atom. The molecule has 106 heavy (non-hydrogen) atoms. The van der Waals surface area contributed by atoms with Crippen LogP contribution in [0.2, 0.25) is 0 Å². The van der Waals surface area contributed by atoms with Crippen molar-refractivity contribution >= 4 is 120 Å². The van der Waals surface area contributed by atoms with Gasteiger partial charge in [-0.3, -0.25) is 25.2 Å². The molecular formula is C77H67F4IN20O4. The van der Waals surface area contributed by atoms with Crippen molar-refractivity contribution in [3.8, 4) is 0 Å². The van der Waals surface area contributed by atoms with Crippen molar-refractivity contribution in [2.75, 3.05) is 21.3 Å². The second-order valence-electron chi connectivity index (χ2n) is 23.7. The van der Waals surface area contributed by atoms with Gasteiger partial charge in [-0.2, -0.15) is 20.4 Å². The van der Waals surface area contributed by atoms with Crippen molar-refractivity contribution < 1.29 is 37.7 Å². The number of para-hydroxylation sites is 4. The highest BCUT2D eigenvalue weighted by Crippen LogP contribution is 2.32. The molecule has 8 aromatic heterocycles. The minimum atomic E-state index is -1.07. The number of rotatable bonds is 16. The van der Waals surface area contributed by atoms with Crippen LogP contribution in [0.25, 0.3) is 43.6 Å². The molecule has 1 unspecified atom stereocenters. The molecule has 24 nitrogen and oxygen atoms in total. The summed E-state index contributed by atoms with van der Waals surface area (Å²) in [4.78, 5) is 48.3. The van der Waals surface area contributed by atoms with Gasteiger partial charge >= 0.3 is 0 Å². The number of fused-ring (bicyclic) bond motifs is 4. The van der Waals surface area contributed by atoms with Crippen LogP contribution >= 0.6 is 24.0 Å². The molecule has 0 saturated carbocycles. The summed E-state index contributed by atoms with van der Waals surface area (Å²) in [5, 5.41) is 75.8. The molecule has 11 N–H and O–H groups in total. The zero-order chi connectivity index (χ0) is 72.4. The highest BCUT2D eigenvalue weighted by atomic mass is 127. The monoisotopic (exact) mass is 1540 g/mol. The SMILES string of the molecule is C.Cc1cc(Nc2nc(C(=O)c3ccc(F)cc3)nc3ccccc23)n[nH]1.Cc1cc(Nc2nc(C(O)c3ccc(F)cc3)nc3ccccc23)n[nH]1.Cc1cc(Nc2nc([C@@H](O)c3ccc(F)cc3)nc3ccccc23)n[nH]1.Cc1cc(Nc2nc([C@H](O)c3ccc(F)cc3)nc3ccccc23)n[nH]1.I. The summed E-state index contributed by atoms with van der Waals surface area (Å²) < 4.78 is 52.5. The average molecular weight is 1540 g/mol. The van der Waals surface area contributed by atoms with Gasteiger partial charge in [0.2, 0.25) is 11.6 Å². The van der Waals surface area contributed by atoms with Crippen molar-refractivity contribution in [2.24, 2.45) is 0 Å². The third-order valence-corrected chi connectivity index (χ3v) is 15.9. The topological polar surface area (TPSA) is 344 Å². The van der Waals surface area contributed by atoms with Gasteiger partial charge in [-0.15, -0.1) is 24.0 Å². The summed E-state index contributed by atoms with van der Waals surface area (Å²) in [6.45, 7) is 7.60. The minimum Gasteiger partial charge on any atom is -0.380 e. The maximum atomic E-state index is 13.1. The van der Waals surface area contributed by atoms with Crippen LogP contribution < -0.4 is 21.3 Å². The van der Waals surface area contributed by atoms with Gasteiger partial charge < -0.3 is 36.6 Å². The van der Waals surface area contributed by atoms with Gasteiger partial charge in [0.25, 0.3) is 0 Å². The molecule has 29 heteroatoms. The maximum Gasteiger partial charge on any atom is 0.230 e. The summed E-state index contributed by atoms with van der Waals surface area (Å²) in [7, 11) is 0. The van der Waals surface area contributed by atoms with Gasteiger partial charge in [0.15, 0.2) is 40.7 Å². The lowest BCUT2D eigenvalue weighted by molar-refractivity contribution is 0.102. The fraction of sp³-hybridized carbons (Fsp3) is 0.104. The molecule has 0 fully saturated rings. The van der Waals surface area contributed by atoms with Gasteiger partial charge in [0, 0.05) is 74.1 Å². The second kappa shape index (κ2) is 33.5. The first-order valence-electron chi connectivity index (χ1n) is 32.2. The standard InChI is InChI=1S/3C19H16FN5O.C19H14FN5O.CH4.HI/c4*1-11-10-16(25-24-11)22-18-14-4-2-3-5-15(14)21-19(23-18)17(26)12-6-8-13(20)9-7-12;;/h3*2-10,17,26H,1H3,(H2,21,22,23,24,25);2-10H,1H3,(H2,21,22,23,24,25);1H4;1H/t2*17-;;;;/m10..../s1. The smallest absolute Gasteiger partial charge is 0.230 e. The summed E-state index contributed by atoms with van der Waals surface area (Å²) in [6, 6.07) is 59.5. The van der Waals surface area contributed by atoms with Crippen LogP contribution in [0.1, 0.15) is 98.9 Å². The molecule has 534 valence electrons. The van der Waals surface area contributed by atoms with Gasteiger partial charge in [-0.1, -0.05) is 92.4 Å². The van der Waals surface area contributed by atoms with Gasteiger partial charge in [-0.05, 0) is 154 Å². The van der Waals surface area contributed by atoms with Crippen LogP contribution in [0.5, 0.6) is 0 Å². The number of benzene rings is 8. The van der Waals surface area contributed by atoms with Crippen molar-refractivity contribution in [3.63, 3.8) is 0 Å². The molecule has 0 aliphatic carbocycles. The third kappa shape index (κ3) is 18.0. The molecule has 3 atom stereocenters. The quantitative estimate of drug-likeness (QED) is 0.0243. The molecule has 16 rings (SSSR count). The Labute approximate surface area is 619 Å². The molecule has 0 amide bonds. The Morgan fingerprint density at radius 1 is 0.340 bits per heavy atom. The molecule has 8 aromatic carbocycles. The van der Waals surface area contributed by atoms with Crippen LogP contribution in [0.4, 0.5) is 64.1 Å². The normalized spacial score (nSPS) is 11.7. The van der Waals surface area contributed by atoms with Crippen molar-refractivity contribution in [3.05, 3.63) is 310 Å². The third-order valence-electron chi connectivity index (χ3n) is 15.9. The number of H-pyrrole nitrogens is 4. The molecule has 0 aliphatic rings. The van der Waals surface area contributed by atoms with E-state index >= 15 is 0 Å². The van der Waals surface area contributed by atoms with E-state index in [1.54, 1.807) is 6.07 Å². The lowest BCUT2D eigenvalue weighted by Crippen LogP contribution is -2.09. The summed E-state index contributed by atoms with van der Waals surface area (Å²) >= 11 is 0. The summed E-state index contributed by atoms with van der Waals surface area (Å²) in [5.74, 6) is 3.38. The fourth-order valence-corrected chi connectivity index (χ4v) is 10.7. The summed E-state index contributed by atoms with van der Waals surface area (Å²) in [6.07, 6.45) is -3.20. The largest absolute Gasteiger partial charge is 0.380 e. The predicted octanol–water partition coefficient (Wildman–Crippen LogP) is 15.9. The van der Waals surface area contributed by atoms with Gasteiger partial charge in [-0.25, -0.2) is 57.4 Å². The van der Waals surface area contributed by atoms with E-state index in [1.807, 2.05) is 143 Å². The number of ketones is 1. The Bertz CT molecular complexity index is 5280. The van der Waals surface area contributed by atoms with E-state index in [9.17, 15) is 37.7 Å². The predicted molar refractivity (Wildman–Crippen MR) is 408 cm³/mol. The van der Waals surface area contributed by atoms with Crippen LogP contribution in [0.15, 0.2) is 218 Å². The lowest BCUT2D eigenvalue weighted by Gasteiger charge is -2.13. The van der Waals surface area contributed by atoms with Crippen LogP contribution in [-0.4, -0.2) is 102 Å². The number of halogens is 5. The number of carbonyl (C=O) groups is 1. The number of anilines is 8. The van der Waals surface area contributed by atoms with E-state index in [0.29, 0.717) is 90.9 Å². The van der Waals surface area contributed by atoms with E-state index in [2.05, 4.69) is 102 Å². The van der Waals surface area contributed by atoms with Crippen molar-refractivity contribution in [2.45, 2.75) is 53.4 Å². The van der Waals surface area contributed by atoms with E-state index in [1.165, 1.54) is 97.1 Å². The van der Waals surface area contributed by atoms with E-state index in [0.717, 1.165) is 44.3 Å². The Kier molecular flexibility index (Phi) is 23.5. The maximum absolute atomic E-state index is 13.1. The molecule has 16 aromatic rings. The number of aliphatic hydroxyl groups excluding tert-OH is 3. The van der Waals surface area contributed by atoms with E-state index < -0.39 is 24.1 Å². The number of carbonyl (C=O) groups excluding carboxylic acids is 1. The average Bonchev–Trinajstić information content (AvgIpc) is 1.07. The molecule has 0 spiro atoms. The van der Waals surface area contributed by atoms with E-state index in [-0.39, 0.29) is 77.9 Å². The first-order chi connectivity index (χ1) is 50.4. The number of nitrogens with zero attached hydrogens (tertiary/aromatic N) is 12. The fourth-order valence-electron chi connectivity index (χ4n) is 10.7. The lowest BCUT2D eigenvalue weighted by atomic mass is 10.1. The molecular weight excluding hydrogens is 1470 g/mol. The molecule has 0 bridgehead atoms. The Balaban J connectivity index is 0.000000140. The molecule has 8 heterocycles. The molecule has 0 aliphatic heterocycles. The van der Waals surface area contributed by atoms with Gasteiger partial charge in [0.05, 0.1) is 22.1 Å². The number of hydrogen-bond acceptors (Lipinski definition) is 20. The first-order valence-corrected chi connectivity index (χ1v) is 32.2. The van der Waals surface area contributed by atoms with Crippen LogP contribution in [0, 0.1) is 51.0 Å². The summed E-state index contributed by atoms with van der Waals surface area (Å²) in [5.41, 5.74) is 8.21. The minimum absolute atomic E-state index is 0. The number of hydrogen-bond donors (Lipinski definition) is 11. The van der Waals surface area contributed by atoms with Gasteiger partial charge in [0.1, 0.15) is 64.9 Å². The van der Waals surface area contributed by atoms with Crippen LogP contribution in [-0.2, 0) is 0 Å². The number of aliphatic hydroxyl groups is 3. The van der Waals surface area contributed by atoms with Crippen molar-refractivity contribution in [1.29, 1.82) is 0 Å². The Hall–Kier alpha value is -12.8. The number of aromatic amines is 4. The van der Waals surface area contributed by atoms with Crippen molar-refractivity contribution in [1.82, 2.24) is 80.7 Å². The molecule has 0 saturated heterocycles. The highest BCUT2D eigenvalue weighted by molar-refractivity contribution is 14.0. The Morgan fingerprint density at radius 3 is 0.849 bits per heavy atom. The van der Waals surface area contributed by atoms with Crippen LogP contribution in [0.3, 0.4) is 0 Å². The number of aryl methyl sites for hydroxylation is 4. The highest BCUT2D eigenvalue weighted by Gasteiger charge is 2.23. The number of aromatic nitrogens is 16. The molecule has 0 radical (unpaired) electrons. The van der Waals surface area contributed by atoms with E-state index in [4.69, 9.17) is 0 Å². The zero-order valence-electron chi connectivity index (χ0n) is 56.1. The number of nitrogens with one attached hydrogen (secondary N) is 8. The zero-order valence-corrected chi connectivity index (χ0v) is 58.4.